The number of hydrogen-bond acceptors (Lipinski definition) is 3. The van der Waals surface area contributed by atoms with Gasteiger partial charge < -0.3 is 4.74 Å². The maximum atomic E-state index is 13.0. The van der Waals surface area contributed by atoms with Crippen LogP contribution >= 0.6 is 0 Å². The first kappa shape index (κ1) is 16.7. The second-order valence-corrected chi connectivity index (χ2v) is 8.12. The molecule has 128 valence electrons. The maximum absolute atomic E-state index is 13.0. The average molecular weight is 338 g/mol. The van der Waals surface area contributed by atoms with E-state index in [0.717, 1.165) is 43.4 Å². The molecule has 0 N–H and O–H groups in total. The number of rotatable bonds is 5. The van der Waals surface area contributed by atoms with Gasteiger partial charge in [-0.15, -0.1) is 0 Å². The molecule has 1 aromatic rings. The Hall–Kier alpha value is -1.11. The summed E-state index contributed by atoms with van der Waals surface area (Å²) in [6.07, 6.45) is 4.89. The zero-order chi connectivity index (χ0) is 16.3. The molecule has 2 fully saturated rings. The van der Waals surface area contributed by atoms with Gasteiger partial charge in [-0.25, -0.2) is 0 Å². The van der Waals surface area contributed by atoms with Crippen molar-refractivity contribution >= 4 is 10.2 Å². The van der Waals surface area contributed by atoms with E-state index in [1.807, 2.05) is 31.2 Å². The summed E-state index contributed by atoms with van der Waals surface area (Å²) in [6, 6.07) is 7.82. The lowest BCUT2D eigenvalue weighted by atomic mass is 10.1. The van der Waals surface area contributed by atoms with Gasteiger partial charge in [0.25, 0.3) is 10.2 Å². The van der Waals surface area contributed by atoms with Gasteiger partial charge in [0, 0.05) is 19.6 Å². The molecule has 1 unspecified atom stereocenters. The molecule has 0 saturated carbocycles. The number of ether oxygens (including phenoxy) is 1. The van der Waals surface area contributed by atoms with Gasteiger partial charge in [-0.3, -0.25) is 0 Å². The number of benzene rings is 1. The van der Waals surface area contributed by atoms with Gasteiger partial charge in [-0.05, 0) is 50.3 Å². The van der Waals surface area contributed by atoms with E-state index in [2.05, 4.69) is 0 Å². The van der Waals surface area contributed by atoms with Crippen molar-refractivity contribution in [3.63, 3.8) is 0 Å². The normalized spacial score (nSPS) is 24.0. The van der Waals surface area contributed by atoms with Gasteiger partial charge in [0.15, 0.2) is 0 Å². The highest BCUT2D eigenvalue weighted by Crippen LogP contribution is 2.36. The van der Waals surface area contributed by atoms with E-state index in [-0.39, 0.29) is 6.04 Å². The Morgan fingerprint density at radius 2 is 1.74 bits per heavy atom. The predicted octanol–water partition coefficient (Wildman–Crippen LogP) is 2.95. The van der Waals surface area contributed by atoms with E-state index in [1.54, 1.807) is 8.61 Å². The van der Waals surface area contributed by atoms with Crippen molar-refractivity contribution in [1.29, 1.82) is 0 Å². The molecule has 0 aromatic heterocycles. The summed E-state index contributed by atoms with van der Waals surface area (Å²) in [5.74, 6) is 0.833. The average Bonchev–Trinajstić information content (AvgIpc) is 3.07. The summed E-state index contributed by atoms with van der Waals surface area (Å²) >= 11 is 0. The molecule has 2 saturated heterocycles. The molecule has 2 aliphatic heterocycles. The van der Waals surface area contributed by atoms with Gasteiger partial charge >= 0.3 is 0 Å². The largest absolute Gasteiger partial charge is 0.494 e. The van der Waals surface area contributed by atoms with E-state index in [1.165, 1.54) is 0 Å². The lowest BCUT2D eigenvalue weighted by Gasteiger charge is -2.33. The number of hydrogen-bond donors (Lipinski definition) is 0. The summed E-state index contributed by atoms with van der Waals surface area (Å²) < 4.78 is 34.8. The summed E-state index contributed by atoms with van der Waals surface area (Å²) in [5, 5.41) is 0. The van der Waals surface area contributed by atoms with Crippen LogP contribution in [0, 0.1) is 0 Å². The molecule has 5 nitrogen and oxygen atoms in total. The fraction of sp³-hybridized carbons (Fsp3) is 0.647. The van der Waals surface area contributed by atoms with Gasteiger partial charge in [0.2, 0.25) is 0 Å². The van der Waals surface area contributed by atoms with Crippen LogP contribution in [-0.4, -0.2) is 43.3 Å². The second kappa shape index (κ2) is 7.20. The predicted molar refractivity (Wildman–Crippen MR) is 90.6 cm³/mol. The lowest BCUT2D eigenvalue weighted by Crippen LogP contribution is -2.45. The minimum Gasteiger partial charge on any atom is -0.494 e. The van der Waals surface area contributed by atoms with E-state index in [0.29, 0.717) is 26.2 Å². The topological polar surface area (TPSA) is 49.9 Å². The van der Waals surface area contributed by atoms with Gasteiger partial charge in [0.05, 0.1) is 12.6 Å². The molecule has 3 rings (SSSR count). The molecule has 1 aromatic carbocycles. The third-order valence-electron chi connectivity index (χ3n) is 4.72. The first-order valence-corrected chi connectivity index (χ1v) is 10.0. The van der Waals surface area contributed by atoms with Crippen molar-refractivity contribution in [3.8, 4) is 5.75 Å². The summed E-state index contributed by atoms with van der Waals surface area (Å²) in [4.78, 5) is 0. The van der Waals surface area contributed by atoms with Crippen LogP contribution in [0.4, 0.5) is 0 Å². The van der Waals surface area contributed by atoms with Crippen molar-refractivity contribution in [2.75, 3.05) is 26.2 Å². The van der Waals surface area contributed by atoms with E-state index < -0.39 is 10.2 Å². The minimum absolute atomic E-state index is 0.0439. The van der Waals surface area contributed by atoms with Crippen LogP contribution in [0.1, 0.15) is 50.6 Å². The van der Waals surface area contributed by atoms with Crippen molar-refractivity contribution in [2.45, 2.75) is 45.1 Å². The maximum Gasteiger partial charge on any atom is 0.282 e. The first-order chi connectivity index (χ1) is 11.1. The van der Waals surface area contributed by atoms with Crippen molar-refractivity contribution in [1.82, 2.24) is 8.61 Å². The van der Waals surface area contributed by atoms with Crippen molar-refractivity contribution in [2.24, 2.45) is 0 Å². The fourth-order valence-electron chi connectivity index (χ4n) is 3.55. The molecule has 0 radical (unpaired) electrons. The summed E-state index contributed by atoms with van der Waals surface area (Å²) in [6.45, 7) is 4.54. The molecule has 23 heavy (non-hydrogen) atoms. The first-order valence-electron chi connectivity index (χ1n) is 8.62. The van der Waals surface area contributed by atoms with E-state index in [9.17, 15) is 8.42 Å². The number of piperidine rings is 1. The highest BCUT2D eigenvalue weighted by atomic mass is 32.2. The molecule has 0 bridgehead atoms. The molecule has 0 aliphatic carbocycles. The van der Waals surface area contributed by atoms with Crippen LogP contribution in [0.2, 0.25) is 0 Å². The molecule has 1 atom stereocenters. The van der Waals surface area contributed by atoms with Crippen molar-refractivity contribution in [3.05, 3.63) is 29.8 Å². The highest BCUT2D eigenvalue weighted by molar-refractivity contribution is 7.86. The SMILES string of the molecule is CCOc1ccc(C2CCCN2S(=O)(=O)N2CCCCC2)cc1. The Labute approximate surface area is 139 Å². The second-order valence-electron chi connectivity index (χ2n) is 6.24. The molecule has 6 heteroatoms. The molecular weight excluding hydrogens is 312 g/mol. The van der Waals surface area contributed by atoms with Crippen LogP contribution in [0.5, 0.6) is 5.75 Å². The molecule has 2 heterocycles. The van der Waals surface area contributed by atoms with Crippen LogP contribution in [0.3, 0.4) is 0 Å². The monoisotopic (exact) mass is 338 g/mol. The summed E-state index contributed by atoms with van der Waals surface area (Å²) in [7, 11) is -3.34. The van der Waals surface area contributed by atoms with Crippen LogP contribution < -0.4 is 4.74 Å². The Morgan fingerprint density at radius 3 is 2.39 bits per heavy atom. The Bertz CT molecular complexity index is 609. The Kier molecular flexibility index (Phi) is 5.24. The van der Waals surface area contributed by atoms with Crippen molar-refractivity contribution < 1.29 is 13.2 Å². The van der Waals surface area contributed by atoms with Crippen LogP contribution in [-0.2, 0) is 10.2 Å². The lowest BCUT2D eigenvalue weighted by molar-refractivity contribution is 0.296. The highest BCUT2D eigenvalue weighted by Gasteiger charge is 2.39. The standard InChI is InChI=1S/C17H26N2O3S/c1-2-22-16-10-8-15(9-11-16)17-7-6-14-19(17)23(20,21)18-12-4-3-5-13-18/h8-11,17H,2-7,12-14H2,1H3. The third-order valence-corrected chi connectivity index (χ3v) is 6.76. The van der Waals surface area contributed by atoms with E-state index in [4.69, 9.17) is 4.74 Å². The fourth-order valence-corrected chi connectivity index (χ4v) is 5.47. The summed E-state index contributed by atoms with van der Waals surface area (Å²) in [5.41, 5.74) is 1.06. The van der Waals surface area contributed by atoms with Crippen LogP contribution in [0.15, 0.2) is 24.3 Å². The van der Waals surface area contributed by atoms with Gasteiger partial charge in [0.1, 0.15) is 5.75 Å². The molecular formula is C17H26N2O3S. The Morgan fingerprint density at radius 1 is 1.04 bits per heavy atom. The smallest absolute Gasteiger partial charge is 0.282 e. The molecule has 0 spiro atoms. The zero-order valence-electron chi connectivity index (χ0n) is 13.8. The van der Waals surface area contributed by atoms with Gasteiger partial charge in [-0.1, -0.05) is 18.6 Å². The van der Waals surface area contributed by atoms with E-state index >= 15 is 0 Å². The minimum atomic E-state index is -3.34. The zero-order valence-corrected chi connectivity index (χ0v) is 14.6. The number of nitrogens with zero attached hydrogens (tertiary/aromatic N) is 2. The third kappa shape index (κ3) is 3.54. The van der Waals surface area contributed by atoms with Gasteiger partial charge in [-0.2, -0.15) is 17.0 Å². The Balaban J connectivity index is 1.79. The van der Waals surface area contributed by atoms with Crippen LogP contribution in [0.25, 0.3) is 0 Å². The quantitative estimate of drug-likeness (QED) is 0.829. The molecule has 0 amide bonds. The molecule has 2 aliphatic rings.